The van der Waals surface area contributed by atoms with Gasteiger partial charge in [-0.1, -0.05) is 41.6 Å². The van der Waals surface area contributed by atoms with Crippen LogP contribution in [0.5, 0.6) is 0 Å². The molecule has 0 radical (unpaired) electrons. The van der Waals surface area contributed by atoms with Crippen molar-refractivity contribution >= 4 is 34.7 Å². The molecule has 3 aromatic heterocycles. The Bertz CT molecular complexity index is 1470. The van der Waals surface area contributed by atoms with Crippen LogP contribution in [0.15, 0.2) is 83.6 Å². The molecule has 7 nitrogen and oxygen atoms in total. The van der Waals surface area contributed by atoms with E-state index in [-0.39, 0.29) is 11.7 Å². The molecule has 174 valence electrons. The predicted molar refractivity (Wildman–Crippen MR) is 135 cm³/mol. The molecular weight excluding hydrogens is 483 g/mol. The number of aryl methyl sites for hydroxylation is 1. The largest absolute Gasteiger partial charge is 0.321 e. The molecule has 0 saturated heterocycles. The third kappa shape index (κ3) is 5.13. The summed E-state index contributed by atoms with van der Waals surface area (Å²) in [7, 11) is 0. The highest BCUT2D eigenvalue weighted by atomic mass is 32.2. The first-order valence-corrected chi connectivity index (χ1v) is 12.5. The fourth-order valence-corrected chi connectivity index (χ4v) is 5.08. The molecule has 1 amide bonds. The summed E-state index contributed by atoms with van der Waals surface area (Å²) in [6, 6.07) is 17.7. The zero-order valence-corrected chi connectivity index (χ0v) is 20.2. The van der Waals surface area contributed by atoms with Gasteiger partial charge >= 0.3 is 0 Å². The normalized spacial score (nSPS) is 10.9. The van der Waals surface area contributed by atoms with Crippen LogP contribution in [0.4, 0.5) is 10.1 Å². The minimum absolute atomic E-state index is 0.268. The summed E-state index contributed by atoms with van der Waals surface area (Å²) >= 11 is 2.76. The summed E-state index contributed by atoms with van der Waals surface area (Å²) in [6.07, 6.45) is 3.31. The lowest BCUT2D eigenvalue weighted by atomic mass is 10.2. The second kappa shape index (κ2) is 10.2. The summed E-state index contributed by atoms with van der Waals surface area (Å²) in [5.41, 5.74) is 3.30. The number of halogens is 1. The molecule has 5 aromatic rings. The number of hydrogen-bond acceptors (Lipinski definition) is 7. The maximum Gasteiger partial charge on any atom is 0.275 e. The highest BCUT2D eigenvalue weighted by Gasteiger charge is 2.19. The highest BCUT2D eigenvalue weighted by molar-refractivity contribution is 7.98. The SMILES string of the molecule is Cc1ccc(NC(=O)c2csc(CSc3nnc(-c4ccncc4)n3-c3ccccc3F)n2)cc1. The summed E-state index contributed by atoms with van der Waals surface area (Å²) in [5.74, 6) is 0.313. The van der Waals surface area contributed by atoms with E-state index in [9.17, 15) is 9.18 Å². The molecule has 5 rings (SSSR count). The van der Waals surface area contributed by atoms with Gasteiger partial charge in [-0.05, 0) is 43.3 Å². The lowest BCUT2D eigenvalue weighted by Crippen LogP contribution is -2.12. The number of nitrogens with one attached hydrogen (secondary N) is 1. The summed E-state index contributed by atoms with van der Waals surface area (Å²) in [6.45, 7) is 1.99. The number of anilines is 1. The lowest BCUT2D eigenvalue weighted by molar-refractivity contribution is 0.102. The van der Waals surface area contributed by atoms with Crippen molar-refractivity contribution in [2.24, 2.45) is 0 Å². The molecular formula is C25H19FN6OS2. The maximum absolute atomic E-state index is 14.7. The van der Waals surface area contributed by atoms with Gasteiger partial charge in [-0.15, -0.1) is 21.5 Å². The van der Waals surface area contributed by atoms with Crippen LogP contribution in [0.1, 0.15) is 21.1 Å². The number of thioether (sulfide) groups is 1. The topological polar surface area (TPSA) is 85.6 Å². The number of pyridine rings is 1. The molecule has 35 heavy (non-hydrogen) atoms. The molecule has 10 heteroatoms. The Balaban J connectivity index is 1.36. The minimum atomic E-state index is -0.381. The first-order chi connectivity index (χ1) is 17.1. The number of thiazole rings is 1. The second-order valence-electron chi connectivity index (χ2n) is 7.56. The van der Waals surface area contributed by atoms with Crippen molar-refractivity contribution in [1.29, 1.82) is 0 Å². The van der Waals surface area contributed by atoms with Crippen molar-refractivity contribution in [2.45, 2.75) is 17.8 Å². The molecule has 0 spiro atoms. The number of para-hydroxylation sites is 1. The Kier molecular flexibility index (Phi) is 6.64. The standard InChI is InChI=1S/C25H19FN6OS2/c1-16-6-8-18(9-7-16)28-24(33)20-14-34-22(29-20)15-35-25-31-30-23(17-10-12-27-13-11-17)32(25)21-5-3-2-4-19(21)26/h2-14H,15H2,1H3,(H,28,33). The van der Waals surface area contributed by atoms with Gasteiger partial charge in [0, 0.05) is 29.0 Å². The van der Waals surface area contributed by atoms with E-state index >= 15 is 0 Å². The minimum Gasteiger partial charge on any atom is -0.321 e. The maximum atomic E-state index is 14.7. The van der Waals surface area contributed by atoms with Gasteiger partial charge in [0.25, 0.3) is 5.91 Å². The molecule has 0 aliphatic carbocycles. The molecule has 0 saturated carbocycles. The number of nitrogens with zero attached hydrogens (tertiary/aromatic N) is 5. The number of carbonyl (C=O) groups excluding carboxylic acids is 1. The van der Waals surface area contributed by atoms with Crippen LogP contribution < -0.4 is 5.32 Å². The molecule has 1 N–H and O–H groups in total. The number of benzene rings is 2. The van der Waals surface area contributed by atoms with Crippen LogP contribution in [0.2, 0.25) is 0 Å². The zero-order valence-electron chi connectivity index (χ0n) is 18.6. The number of hydrogen-bond donors (Lipinski definition) is 1. The zero-order chi connectivity index (χ0) is 24.2. The van der Waals surface area contributed by atoms with E-state index in [4.69, 9.17) is 0 Å². The van der Waals surface area contributed by atoms with Crippen molar-refractivity contribution in [1.82, 2.24) is 24.7 Å². The average Bonchev–Trinajstić information content (AvgIpc) is 3.52. The smallest absolute Gasteiger partial charge is 0.275 e. The second-order valence-corrected chi connectivity index (χ2v) is 9.45. The quantitative estimate of drug-likeness (QED) is 0.284. The van der Waals surface area contributed by atoms with Gasteiger partial charge in [-0.3, -0.25) is 14.3 Å². The van der Waals surface area contributed by atoms with Crippen LogP contribution in [0.25, 0.3) is 17.1 Å². The molecule has 0 unspecified atom stereocenters. The molecule has 2 aromatic carbocycles. The number of amides is 1. The number of rotatable bonds is 7. The third-order valence-corrected chi connectivity index (χ3v) is 7.06. The molecule has 0 aliphatic rings. The Labute approximate surface area is 209 Å². The van der Waals surface area contributed by atoms with Gasteiger partial charge in [0.2, 0.25) is 0 Å². The Morgan fingerprint density at radius 2 is 1.83 bits per heavy atom. The Morgan fingerprint density at radius 1 is 1.06 bits per heavy atom. The Morgan fingerprint density at radius 3 is 2.60 bits per heavy atom. The van der Waals surface area contributed by atoms with E-state index in [1.165, 1.54) is 29.2 Å². The van der Waals surface area contributed by atoms with E-state index in [1.54, 1.807) is 52.7 Å². The van der Waals surface area contributed by atoms with Crippen molar-refractivity contribution < 1.29 is 9.18 Å². The molecule has 3 heterocycles. The van der Waals surface area contributed by atoms with Crippen LogP contribution in [-0.4, -0.2) is 30.6 Å². The molecule has 0 aliphatic heterocycles. The van der Waals surface area contributed by atoms with E-state index in [0.29, 0.717) is 33.8 Å². The van der Waals surface area contributed by atoms with Crippen LogP contribution >= 0.6 is 23.1 Å². The lowest BCUT2D eigenvalue weighted by Gasteiger charge is -2.10. The van der Waals surface area contributed by atoms with Gasteiger partial charge < -0.3 is 5.32 Å². The van der Waals surface area contributed by atoms with Crippen molar-refractivity contribution in [3.05, 3.63) is 101 Å². The van der Waals surface area contributed by atoms with E-state index in [2.05, 4.69) is 25.5 Å². The number of carbonyl (C=O) groups is 1. The van der Waals surface area contributed by atoms with Crippen molar-refractivity contribution in [3.63, 3.8) is 0 Å². The van der Waals surface area contributed by atoms with Crippen LogP contribution in [-0.2, 0) is 5.75 Å². The van der Waals surface area contributed by atoms with Gasteiger partial charge in [-0.2, -0.15) is 0 Å². The summed E-state index contributed by atoms with van der Waals surface area (Å²) in [5, 5.41) is 14.5. The first kappa shape index (κ1) is 22.9. The highest BCUT2D eigenvalue weighted by Crippen LogP contribution is 2.31. The Hall–Kier alpha value is -3.89. The van der Waals surface area contributed by atoms with Crippen molar-refractivity contribution in [2.75, 3.05) is 5.32 Å². The van der Waals surface area contributed by atoms with Gasteiger partial charge in [-0.25, -0.2) is 9.37 Å². The number of aromatic nitrogens is 5. The monoisotopic (exact) mass is 502 g/mol. The summed E-state index contributed by atoms with van der Waals surface area (Å²) in [4.78, 5) is 21.1. The molecule has 0 bridgehead atoms. The third-order valence-electron chi connectivity index (χ3n) is 5.08. The summed E-state index contributed by atoms with van der Waals surface area (Å²) < 4.78 is 16.4. The fourth-order valence-electron chi connectivity index (χ4n) is 3.34. The average molecular weight is 503 g/mol. The van der Waals surface area contributed by atoms with Crippen LogP contribution in [0.3, 0.4) is 0 Å². The van der Waals surface area contributed by atoms with Gasteiger partial charge in [0.15, 0.2) is 11.0 Å². The van der Waals surface area contributed by atoms with E-state index < -0.39 is 0 Å². The predicted octanol–water partition coefficient (Wildman–Crippen LogP) is 5.78. The van der Waals surface area contributed by atoms with E-state index in [0.717, 1.165) is 16.1 Å². The fraction of sp³-hybridized carbons (Fsp3) is 0.0800. The van der Waals surface area contributed by atoms with Crippen LogP contribution in [0, 0.1) is 12.7 Å². The molecule has 0 atom stereocenters. The van der Waals surface area contributed by atoms with Crippen molar-refractivity contribution in [3.8, 4) is 17.1 Å². The van der Waals surface area contributed by atoms with Gasteiger partial charge in [0.1, 0.15) is 16.5 Å². The van der Waals surface area contributed by atoms with Gasteiger partial charge in [0.05, 0.1) is 11.4 Å². The molecule has 0 fully saturated rings. The first-order valence-electron chi connectivity index (χ1n) is 10.6. The van der Waals surface area contributed by atoms with E-state index in [1.807, 2.05) is 31.2 Å².